The number of furan rings is 1. The van der Waals surface area contributed by atoms with Crippen molar-refractivity contribution >= 4 is 5.91 Å². The van der Waals surface area contributed by atoms with Crippen LogP contribution in [0.1, 0.15) is 30.4 Å². The first kappa shape index (κ1) is 17.6. The average molecular weight is 347 g/mol. The Kier molecular flexibility index (Phi) is 5.50. The smallest absolute Gasteiger partial charge is 0.243 e. The normalized spacial score (nSPS) is 17.6. The highest BCUT2D eigenvalue weighted by Crippen LogP contribution is 2.20. The number of carbonyl (C=O) groups is 1. The molecule has 0 aromatic carbocycles. The summed E-state index contributed by atoms with van der Waals surface area (Å²) in [6.07, 6.45) is 1.62. The summed E-state index contributed by atoms with van der Waals surface area (Å²) in [5.41, 5.74) is 0. The number of hydrogen-bond acceptors (Lipinski definition) is 7. The minimum Gasteiger partial charge on any atom is -0.467 e. The van der Waals surface area contributed by atoms with E-state index in [1.807, 2.05) is 19.1 Å². The van der Waals surface area contributed by atoms with Crippen molar-refractivity contribution in [3.05, 3.63) is 35.9 Å². The van der Waals surface area contributed by atoms with E-state index in [2.05, 4.69) is 26.9 Å². The van der Waals surface area contributed by atoms with E-state index in [1.54, 1.807) is 18.2 Å². The summed E-state index contributed by atoms with van der Waals surface area (Å²) < 4.78 is 10.6. The number of amides is 1. The quantitative estimate of drug-likeness (QED) is 0.779. The molecule has 0 N–H and O–H groups in total. The molecule has 25 heavy (non-hydrogen) atoms. The molecule has 0 radical (unpaired) electrons. The second kappa shape index (κ2) is 7.79. The van der Waals surface area contributed by atoms with E-state index >= 15 is 0 Å². The molecule has 2 aromatic rings. The maximum atomic E-state index is 12.4. The van der Waals surface area contributed by atoms with Gasteiger partial charge in [-0.3, -0.25) is 14.6 Å². The highest BCUT2D eigenvalue weighted by atomic mass is 16.5. The van der Waals surface area contributed by atoms with Crippen molar-refractivity contribution in [2.45, 2.75) is 26.4 Å². The molecule has 0 aliphatic carbocycles. The fourth-order valence-corrected chi connectivity index (χ4v) is 2.98. The van der Waals surface area contributed by atoms with Crippen molar-refractivity contribution in [1.82, 2.24) is 24.8 Å². The predicted molar refractivity (Wildman–Crippen MR) is 90.6 cm³/mol. The van der Waals surface area contributed by atoms with E-state index in [9.17, 15) is 4.79 Å². The molecular formula is C17H25N5O3. The summed E-state index contributed by atoms with van der Waals surface area (Å²) in [4.78, 5) is 22.9. The number of likely N-dealkylation sites (N-methyl/N-ethyl adjacent to an activating group) is 1. The lowest BCUT2D eigenvalue weighted by Gasteiger charge is -2.36. The molecule has 1 aliphatic rings. The van der Waals surface area contributed by atoms with E-state index in [-0.39, 0.29) is 11.9 Å². The Morgan fingerprint density at radius 3 is 2.72 bits per heavy atom. The SMILES string of the molecule is Cc1noc([C@H](C)N2CCN(CC(=O)N(C)Cc3ccco3)CC2)n1. The summed E-state index contributed by atoms with van der Waals surface area (Å²) in [5.74, 6) is 2.21. The van der Waals surface area contributed by atoms with Crippen LogP contribution in [0.2, 0.25) is 0 Å². The predicted octanol–water partition coefficient (Wildman–Crippen LogP) is 1.31. The van der Waals surface area contributed by atoms with Crippen molar-refractivity contribution in [3.63, 3.8) is 0 Å². The van der Waals surface area contributed by atoms with E-state index < -0.39 is 0 Å². The highest BCUT2D eigenvalue weighted by molar-refractivity contribution is 5.77. The highest BCUT2D eigenvalue weighted by Gasteiger charge is 2.26. The summed E-state index contributed by atoms with van der Waals surface area (Å²) in [6, 6.07) is 3.81. The molecule has 3 rings (SSSR count). The summed E-state index contributed by atoms with van der Waals surface area (Å²) in [6.45, 7) is 8.26. The molecule has 0 unspecified atom stereocenters. The van der Waals surface area contributed by atoms with Gasteiger partial charge in [0.25, 0.3) is 0 Å². The lowest BCUT2D eigenvalue weighted by Crippen LogP contribution is -2.50. The molecule has 2 aromatic heterocycles. The fraction of sp³-hybridized carbons (Fsp3) is 0.588. The van der Waals surface area contributed by atoms with Crippen LogP contribution in [0.5, 0.6) is 0 Å². The van der Waals surface area contributed by atoms with Gasteiger partial charge in [0.15, 0.2) is 5.82 Å². The van der Waals surface area contributed by atoms with Crippen molar-refractivity contribution < 1.29 is 13.7 Å². The van der Waals surface area contributed by atoms with E-state index in [1.165, 1.54) is 0 Å². The third-order valence-electron chi connectivity index (χ3n) is 4.61. The van der Waals surface area contributed by atoms with Crippen LogP contribution in [0, 0.1) is 6.92 Å². The van der Waals surface area contributed by atoms with Gasteiger partial charge in [-0.25, -0.2) is 0 Å². The van der Waals surface area contributed by atoms with Gasteiger partial charge in [0.1, 0.15) is 5.76 Å². The number of aromatic nitrogens is 2. The van der Waals surface area contributed by atoms with E-state index in [0.29, 0.717) is 24.8 Å². The zero-order valence-corrected chi connectivity index (χ0v) is 15.0. The first-order valence-electron chi connectivity index (χ1n) is 8.56. The number of aryl methyl sites for hydroxylation is 1. The molecule has 1 amide bonds. The zero-order chi connectivity index (χ0) is 17.8. The first-order chi connectivity index (χ1) is 12.0. The first-order valence-corrected chi connectivity index (χ1v) is 8.56. The van der Waals surface area contributed by atoms with Crippen LogP contribution in [-0.4, -0.2) is 70.5 Å². The fourth-order valence-electron chi connectivity index (χ4n) is 2.98. The molecule has 1 saturated heterocycles. The summed E-state index contributed by atoms with van der Waals surface area (Å²) in [7, 11) is 1.81. The molecule has 3 heterocycles. The number of rotatable bonds is 6. The second-order valence-electron chi connectivity index (χ2n) is 6.50. The van der Waals surface area contributed by atoms with Crippen molar-refractivity contribution in [1.29, 1.82) is 0 Å². The molecule has 0 bridgehead atoms. The third kappa shape index (κ3) is 4.46. The second-order valence-corrected chi connectivity index (χ2v) is 6.50. The Balaban J connectivity index is 1.45. The van der Waals surface area contributed by atoms with Gasteiger partial charge < -0.3 is 13.8 Å². The molecule has 1 aliphatic heterocycles. The molecule has 0 saturated carbocycles. The molecule has 1 atom stereocenters. The van der Waals surface area contributed by atoms with Crippen LogP contribution >= 0.6 is 0 Å². The molecular weight excluding hydrogens is 322 g/mol. The number of carbonyl (C=O) groups excluding carboxylic acids is 1. The van der Waals surface area contributed by atoms with Gasteiger partial charge in [-0.15, -0.1) is 0 Å². The van der Waals surface area contributed by atoms with Crippen LogP contribution in [0.15, 0.2) is 27.3 Å². The minimum absolute atomic E-state index is 0.0978. The van der Waals surface area contributed by atoms with Crippen molar-refractivity contribution in [3.8, 4) is 0 Å². The number of piperazine rings is 1. The van der Waals surface area contributed by atoms with Crippen LogP contribution in [-0.2, 0) is 11.3 Å². The lowest BCUT2D eigenvalue weighted by atomic mass is 10.2. The topological polar surface area (TPSA) is 78.9 Å². The van der Waals surface area contributed by atoms with Crippen LogP contribution < -0.4 is 0 Å². The zero-order valence-electron chi connectivity index (χ0n) is 15.0. The minimum atomic E-state index is 0.0978. The van der Waals surface area contributed by atoms with Crippen LogP contribution in [0.3, 0.4) is 0 Å². The standard InChI is InChI=1S/C17H25N5O3/c1-13(17-18-14(2)19-25-17)22-8-6-21(7-9-22)12-16(23)20(3)11-15-5-4-10-24-15/h4-5,10,13H,6-9,11-12H2,1-3H3/t13-/m0/s1. The Morgan fingerprint density at radius 1 is 1.36 bits per heavy atom. The van der Waals surface area contributed by atoms with Gasteiger partial charge in [0.05, 0.1) is 25.4 Å². The van der Waals surface area contributed by atoms with Gasteiger partial charge in [-0.05, 0) is 26.0 Å². The Hall–Kier alpha value is -2.19. The van der Waals surface area contributed by atoms with Crippen LogP contribution in [0.25, 0.3) is 0 Å². The molecule has 8 heteroatoms. The Morgan fingerprint density at radius 2 is 2.12 bits per heavy atom. The average Bonchev–Trinajstić information content (AvgIpc) is 3.26. The largest absolute Gasteiger partial charge is 0.467 e. The van der Waals surface area contributed by atoms with Gasteiger partial charge >= 0.3 is 0 Å². The maximum absolute atomic E-state index is 12.4. The lowest BCUT2D eigenvalue weighted by molar-refractivity contribution is -0.132. The third-order valence-corrected chi connectivity index (χ3v) is 4.61. The molecule has 1 fully saturated rings. The van der Waals surface area contributed by atoms with E-state index in [4.69, 9.17) is 8.94 Å². The van der Waals surface area contributed by atoms with E-state index in [0.717, 1.165) is 31.9 Å². The summed E-state index contributed by atoms with van der Waals surface area (Å²) in [5, 5.41) is 3.86. The van der Waals surface area contributed by atoms with Crippen LogP contribution in [0.4, 0.5) is 0 Å². The van der Waals surface area contributed by atoms with Gasteiger partial charge in [-0.2, -0.15) is 4.98 Å². The molecule has 0 spiro atoms. The molecule has 8 nitrogen and oxygen atoms in total. The van der Waals surface area contributed by atoms with Gasteiger partial charge in [-0.1, -0.05) is 5.16 Å². The van der Waals surface area contributed by atoms with Crippen molar-refractivity contribution in [2.75, 3.05) is 39.8 Å². The monoisotopic (exact) mass is 347 g/mol. The Bertz CT molecular complexity index is 676. The van der Waals surface area contributed by atoms with Gasteiger partial charge in [0.2, 0.25) is 11.8 Å². The number of hydrogen-bond donors (Lipinski definition) is 0. The molecule has 136 valence electrons. The van der Waals surface area contributed by atoms with Gasteiger partial charge in [0, 0.05) is 33.2 Å². The Labute approximate surface area is 147 Å². The maximum Gasteiger partial charge on any atom is 0.243 e. The van der Waals surface area contributed by atoms with Crippen molar-refractivity contribution in [2.24, 2.45) is 0 Å². The number of nitrogens with zero attached hydrogens (tertiary/aromatic N) is 5. The summed E-state index contributed by atoms with van der Waals surface area (Å²) >= 11 is 0.